The Kier molecular flexibility index (Phi) is 8.40. The maximum Gasteiger partial charge on any atom is 0.0671 e. The monoisotopic (exact) mass is 189 g/mol. The molecule has 0 aliphatic rings. The Morgan fingerprint density at radius 3 is 2.46 bits per heavy atom. The van der Waals surface area contributed by atoms with E-state index in [2.05, 4.69) is 19.2 Å². The first kappa shape index (κ1) is 12.9. The molecule has 3 heteroatoms. The van der Waals surface area contributed by atoms with Crippen molar-refractivity contribution in [2.75, 3.05) is 33.4 Å². The molecule has 3 nitrogen and oxygen atoms in total. The lowest BCUT2D eigenvalue weighted by Gasteiger charge is -2.15. The van der Waals surface area contributed by atoms with Crippen molar-refractivity contribution in [1.82, 2.24) is 5.32 Å². The van der Waals surface area contributed by atoms with Crippen LogP contribution in [0.15, 0.2) is 0 Å². The fourth-order valence-electron chi connectivity index (χ4n) is 1.22. The zero-order valence-corrected chi connectivity index (χ0v) is 9.30. The average molecular weight is 189 g/mol. The van der Waals surface area contributed by atoms with Gasteiger partial charge < -0.3 is 14.8 Å². The number of hydrogen-bond donors (Lipinski definition) is 1. The van der Waals surface area contributed by atoms with Crippen LogP contribution in [0.3, 0.4) is 0 Å². The van der Waals surface area contributed by atoms with Crippen molar-refractivity contribution in [1.29, 1.82) is 0 Å². The largest absolute Gasteiger partial charge is 0.384 e. The van der Waals surface area contributed by atoms with Crippen molar-refractivity contribution in [2.24, 2.45) is 5.92 Å². The van der Waals surface area contributed by atoms with Crippen molar-refractivity contribution in [3.63, 3.8) is 0 Å². The van der Waals surface area contributed by atoms with Crippen LogP contribution in [0.2, 0.25) is 0 Å². The summed E-state index contributed by atoms with van der Waals surface area (Å²) in [5.74, 6) is 0.568. The van der Waals surface area contributed by atoms with E-state index in [0.717, 1.165) is 26.3 Å². The first-order chi connectivity index (χ1) is 6.20. The predicted molar refractivity (Wildman–Crippen MR) is 55.0 cm³/mol. The summed E-state index contributed by atoms with van der Waals surface area (Å²) < 4.78 is 10.4. The standard InChI is InChI=1S/C10H23NO2/c1-5-13-10(3)7-11-6-9(2)8-12-4/h9-11H,5-8H2,1-4H3. The van der Waals surface area contributed by atoms with E-state index in [1.54, 1.807) is 7.11 Å². The van der Waals surface area contributed by atoms with Crippen LogP contribution in [0.1, 0.15) is 20.8 Å². The third-order valence-corrected chi connectivity index (χ3v) is 1.83. The molecule has 0 radical (unpaired) electrons. The highest BCUT2D eigenvalue weighted by Gasteiger charge is 2.03. The van der Waals surface area contributed by atoms with Gasteiger partial charge in [0.05, 0.1) is 6.10 Å². The van der Waals surface area contributed by atoms with Crippen LogP contribution in [-0.4, -0.2) is 39.5 Å². The van der Waals surface area contributed by atoms with Gasteiger partial charge in [0.15, 0.2) is 0 Å². The van der Waals surface area contributed by atoms with Gasteiger partial charge in [-0.3, -0.25) is 0 Å². The normalized spacial score (nSPS) is 15.7. The molecule has 0 saturated heterocycles. The predicted octanol–water partition coefficient (Wildman–Crippen LogP) is 1.28. The van der Waals surface area contributed by atoms with Crippen molar-refractivity contribution in [3.05, 3.63) is 0 Å². The molecule has 0 aromatic rings. The minimum absolute atomic E-state index is 0.305. The van der Waals surface area contributed by atoms with E-state index < -0.39 is 0 Å². The summed E-state index contributed by atoms with van der Waals surface area (Å²) in [5.41, 5.74) is 0. The molecule has 2 atom stereocenters. The second-order valence-corrected chi connectivity index (χ2v) is 3.48. The van der Waals surface area contributed by atoms with Gasteiger partial charge in [-0.2, -0.15) is 0 Å². The van der Waals surface area contributed by atoms with Crippen molar-refractivity contribution in [2.45, 2.75) is 26.9 Å². The van der Waals surface area contributed by atoms with Crippen LogP contribution in [0.25, 0.3) is 0 Å². The second kappa shape index (κ2) is 8.48. The van der Waals surface area contributed by atoms with E-state index in [-0.39, 0.29) is 0 Å². The quantitative estimate of drug-likeness (QED) is 0.624. The van der Waals surface area contributed by atoms with E-state index >= 15 is 0 Å². The molecule has 2 unspecified atom stereocenters. The fourth-order valence-corrected chi connectivity index (χ4v) is 1.22. The van der Waals surface area contributed by atoms with Crippen molar-refractivity contribution < 1.29 is 9.47 Å². The van der Waals surface area contributed by atoms with Crippen LogP contribution in [0.4, 0.5) is 0 Å². The SMILES string of the molecule is CCOC(C)CNCC(C)COC. The Labute approximate surface area is 81.8 Å². The van der Waals surface area contributed by atoms with E-state index in [9.17, 15) is 0 Å². The molecule has 0 amide bonds. The Morgan fingerprint density at radius 1 is 1.23 bits per heavy atom. The zero-order valence-electron chi connectivity index (χ0n) is 9.30. The van der Waals surface area contributed by atoms with Gasteiger partial charge in [-0.1, -0.05) is 6.92 Å². The van der Waals surface area contributed by atoms with Gasteiger partial charge in [0.1, 0.15) is 0 Å². The molecular formula is C10H23NO2. The lowest BCUT2D eigenvalue weighted by Crippen LogP contribution is -2.31. The third kappa shape index (κ3) is 8.22. The van der Waals surface area contributed by atoms with E-state index in [0.29, 0.717) is 12.0 Å². The van der Waals surface area contributed by atoms with Crippen LogP contribution in [0.5, 0.6) is 0 Å². The number of rotatable bonds is 8. The first-order valence-electron chi connectivity index (χ1n) is 5.01. The topological polar surface area (TPSA) is 30.5 Å². The summed E-state index contributed by atoms with van der Waals surface area (Å²) in [6.07, 6.45) is 0.305. The Balaban J connectivity index is 3.23. The van der Waals surface area contributed by atoms with Gasteiger partial charge in [-0.25, -0.2) is 0 Å². The van der Waals surface area contributed by atoms with E-state index in [4.69, 9.17) is 9.47 Å². The molecule has 0 aliphatic heterocycles. The summed E-state index contributed by atoms with van der Waals surface area (Å²) in [6, 6.07) is 0. The molecule has 0 aromatic carbocycles. The Morgan fingerprint density at radius 2 is 1.92 bits per heavy atom. The van der Waals surface area contributed by atoms with Crippen molar-refractivity contribution in [3.8, 4) is 0 Å². The van der Waals surface area contributed by atoms with E-state index in [1.807, 2.05) is 6.92 Å². The zero-order chi connectivity index (χ0) is 10.1. The molecule has 1 N–H and O–H groups in total. The molecular weight excluding hydrogens is 166 g/mol. The molecule has 0 aromatic heterocycles. The highest BCUT2D eigenvalue weighted by molar-refractivity contribution is 4.59. The molecule has 0 fully saturated rings. The number of ether oxygens (including phenoxy) is 2. The minimum atomic E-state index is 0.305. The molecule has 0 aliphatic carbocycles. The lowest BCUT2D eigenvalue weighted by atomic mass is 10.2. The highest BCUT2D eigenvalue weighted by Crippen LogP contribution is 1.93. The van der Waals surface area contributed by atoms with E-state index in [1.165, 1.54) is 0 Å². The van der Waals surface area contributed by atoms with Crippen LogP contribution in [-0.2, 0) is 9.47 Å². The number of methoxy groups -OCH3 is 1. The van der Waals surface area contributed by atoms with Gasteiger partial charge in [0.25, 0.3) is 0 Å². The fraction of sp³-hybridized carbons (Fsp3) is 1.00. The highest BCUT2D eigenvalue weighted by atomic mass is 16.5. The smallest absolute Gasteiger partial charge is 0.0671 e. The summed E-state index contributed by atoms with van der Waals surface area (Å²) in [6.45, 7) is 9.78. The van der Waals surface area contributed by atoms with Gasteiger partial charge >= 0.3 is 0 Å². The Bertz CT molecular complexity index is 97.1. The van der Waals surface area contributed by atoms with Crippen LogP contribution in [0, 0.1) is 5.92 Å². The van der Waals surface area contributed by atoms with Crippen LogP contribution >= 0.6 is 0 Å². The second-order valence-electron chi connectivity index (χ2n) is 3.48. The molecule has 80 valence electrons. The molecule has 0 saturated carbocycles. The minimum Gasteiger partial charge on any atom is -0.384 e. The third-order valence-electron chi connectivity index (χ3n) is 1.83. The molecule has 0 heterocycles. The summed E-state index contributed by atoms with van der Waals surface area (Å²) in [7, 11) is 1.74. The maximum absolute atomic E-state index is 5.39. The lowest BCUT2D eigenvalue weighted by molar-refractivity contribution is 0.0741. The number of nitrogens with one attached hydrogen (secondary N) is 1. The first-order valence-corrected chi connectivity index (χ1v) is 5.01. The average Bonchev–Trinajstić information content (AvgIpc) is 2.05. The van der Waals surface area contributed by atoms with Gasteiger partial charge in [0, 0.05) is 26.9 Å². The van der Waals surface area contributed by atoms with Crippen LogP contribution < -0.4 is 5.32 Å². The van der Waals surface area contributed by atoms with Gasteiger partial charge in [-0.05, 0) is 26.3 Å². The Hall–Kier alpha value is -0.120. The van der Waals surface area contributed by atoms with Gasteiger partial charge in [0.2, 0.25) is 0 Å². The van der Waals surface area contributed by atoms with Crippen molar-refractivity contribution >= 4 is 0 Å². The van der Waals surface area contributed by atoms with Gasteiger partial charge in [-0.15, -0.1) is 0 Å². The molecule has 13 heavy (non-hydrogen) atoms. The number of hydrogen-bond acceptors (Lipinski definition) is 3. The maximum atomic E-state index is 5.39. The molecule has 0 spiro atoms. The molecule has 0 rings (SSSR count). The summed E-state index contributed by atoms with van der Waals surface area (Å²) in [4.78, 5) is 0. The summed E-state index contributed by atoms with van der Waals surface area (Å²) in [5, 5.41) is 3.35. The summed E-state index contributed by atoms with van der Waals surface area (Å²) >= 11 is 0. The molecule has 0 bridgehead atoms.